The van der Waals surface area contributed by atoms with Crippen molar-refractivity contribution in [3.63, 3.8) is 0 Å². The van der Waals surface area contributed by atoms with Crippen molar-refractivity contribution in [3.05, 3.63) is 41.3 Å². The lowest BCUT2D eigenvalue weighted by Gasteiger charge is -2.29. The number of hydrogen-bond donors (Lipinski definition) is 4. The first-order valence-corrected chi connectivity index (χ1v) is 10.2. The van der Waals surface area contributed by atoms with Crippen LogP contribution >= 0.6 is 0 Å². The fourth-order valence-corrected chi connectivity index (χ4v) is 4.05. The number of benzene rings is 1. The van der Waals surface area contributed by atoms with Gasteiger partial charge in [0.05, 0.1) is 12.3 Å². The fraction of sp³-hybridized carbons (Fsp3) is 0.476. The Morgan fingerprint density at radius 3 is 2.66 bits per heavy atom. The minimum Gasteiger partial charge on any atom is -0.384 e. The number of nitrogens with one attached hydrogen (secondary N) is 2. The van der Waals surface area contributed by atoms with Crippen LogP contribution in [0.15, 0.2) is 45.8 Å². The van der Waals surface area contributed by atoms with Gasteiger partial charge in [-0.1, -0.05) is 6.92 Å². The van der Waals surface area contributed by atoms with E-state index in [0.29, 0.717) is 36.5 Å². The molecule has 2 aliphatic heterocycles. The highest BCUT2D eigenvalue weighted by atomic mass is 16.1. The number of ketones is 1. The Labute approximate surface area is 171 Å². The second-order valence-corrected chi connectivity index (χ2v) is 8.02. The second kappa shape index (κ2) is 7.87. The molecule has 2 heterocycles. The first kappa shape index (κ1) is 19.4. The van der Waals surface area contributed by atoms with Crippen LogP contribution in [0.2, 0.25) is 0 Å². The highest BCUT2D eigenvalue weighted by Gasteiger charge is 2.35. The smallest absolute Gasteiger partial charge is 0.196 e. The van der Waals surface area contributed by atoms with Crippen molar-refractivity contribution in [2.24, 2.45) is 33.3 Å². The maximum absolute atomic E-state index is 12.8. The molecule has 0 aromatic heterocycles. The van der Waals surface area contributed by atoms with Gasteiger partial charge in [0.25, 0.3) is 0 Å². The molecule has 1 aliphatic carbocycles. The van der Waals surface area contributed by atoms with Crippen molar-refractivity contribution >= 4 is 23.1 Å². The van der Waals surface area contributed by atoms with E-state index in [-0.39, 0.29) is 17.9 Å². The molecule has 4 rings (SSSR count). The van der Waals surface area contributed by atoms with Crippen LogP contribution in [-0.2, 0) is 0 Å². The van der Waals surface area contributed by atoms with E-state index in [2.05, 4.69) is 32.4 Å². The second-order valence-electron chi connectivity index (χ2n) is 8.02. The first-order valence-electron chi connectivity index (χ1n) is 10.2. The van der Waals surface area contributed by atoms with Crippen molar-refractivity contribution in [2.75, 3.05) is 25.0 Å². The molecule has 0 radical (unpaired) electrons. The predicted molar refractivity (Wildman–Crippen MR) is 116 cm³/mol. The summed E-state index contributed by atoms with van der Waals surface area (Å²) >= 11 is 0. The number of anilines is 1. The maximum atomic E-state index is 12.8. The topological polar surface area (TPSA) is 121 Å². The molecule has 0 amide bonds. The van der Waals surface area contributed by atoms with E-state index in [1.807, 2.05) is 31.3 Å². The van der Waals surface area contributed by atoms with Crippen LogP contribution < -0.4 is 27.0 Å². The third-order valence-electron chi connectivity index (χ3n) is 5.82. The molecule has 8 heteroatoms. The van der Waals surface area contributed by atoms with Crippen LogP contribution in [0, 0.1) is 11.8 Å². The Balaban J connectivity index is 1.42. The number of guanidine groups is 1. The standard InChI is InChI=1S/C21H29N7O/c1-3-16(12-4-5-12)18(29)13-6-8-15(9-7-13)28(2)11-14-10-24-20-17(25-14)19(22)26-21(23)27-20/h6-9,12,16,20,24H,3-5,10-11,22H2,1-2H3,(H3,23,26,27). The normalized spacial score (nSPS) is 22.2. The molecule has 3 aliphatic rings. The number of fused-ring (bicyclic) bond motifs is 1. The molecular formula is C21H29N7O. The summed E-state index contributed by atoms with van der Waals surface area (Å²) in [6.45, 7) is 3.36. The van der Waals surface area contributed by atoms with Crippen LogP contribution in [0.25, 0.3) is 0 Å². The molecule has 29 heavy (non-hydrogen) atoms. The average molecular weight is 396 g/mol. The van der Waals surface area contributed by atoms with Gasteiger partial charge in [-0.05, 0) is 49.4 Å². The molecule has 1 saturated carbocycles. The number of Topliss-reactive ketones (excluding diaryl/α,β-unsaturated/α-hetero) is 1. The van der Waals surface area contributed by atoms with Crippen LogP contribution in [0.5, 0.6) is 0 Å². The number of hydrogen-bond acceptors (Lipinski definition) is 8. The molecule has 8 nitrogen and oxygen atoms in total. The summed E-state index contributed by atoms with van der Waals surface area (Å²) in [5.74, 6) is 1.77. The van der Waals surface area contributed by atoms with Gasteiger partial charge in [0.15, 0.2) is 11.7 Å². The molecule has 6 N–H and O–H groups in total. The summed E-state index contributed by atoms with van der Waals surface area (Å²) in [5.41, 5.74) is 15.2. The van der Waals surface area contributed by atoms with Gasteiger partial charge >= 0.3 is 0 Å². The van der Waals surface area contributed by atoms with Gasteiger partial charge in [-0.15, -0.1) is 0 Å². The van der Waals surface area contributed by atoms with Crippen molar-refractivity contribution in [3.8, 4) is 0 Å². The quantitative estimate of drug-likeness (QED) is 0.514. The molecule has 154 valence electrons. The maximum Gasteiger partial charge on any atom is 0.196 e. The summed E-state index contributed by atoms with van der Waals surface area (Å²) in [7, 11) is 2.01. The Morgan fingerprint density at radius 1 is 1.28 bits per heavy atom. The molecular weight excluding hydrogens is 366 g/mol. The lowest BCUT2D eigenvalue weighted by atomic mass is 9.91. The number of carbonyl (C=O) groups excluding carboxylic acids is 1. The molecule has 1 aromatic carbocycles. The SMILES string of the molecule is CCC(C(=O)c1ccc(N(C)CC2=NC3=C(N)NC(N)=NC3NC2)cc1)C1CC1. The molecule has 1 aromatic rings. The summed E-state index contributed by atoms with van der Waals surface area (Å²) in [6, 6.07) is 7.90. The Hall–Kier alpha value is -2.87. The summed E-state index contributed by atoms with van der Waals surface area (Å²) in [5, 5.41) is 6.12. The highest BCUT2D eigenvalue weighted by molar-refractivity contribution is 5.98. The van der Waals surface area contributed by atoms with Gasteiger partial charge < -0.3 is 21.7 Å². The minimum atomic E-state index is -0.298. The van der Waals surface area contributed by atoms with E-state index in [1.165, 1.54) is 12.8 Å². The monoisotopic (exact) mass is 395 g/mol. The minimum absolute atomic E-state index is 0.175. The van der Waals surface area contributed by atoms with Gasteiger partial charge in [-0.2, -0.15) is 0 Å². The van der Waals surface area contributed by atoms with E-state index in [1.54, 1.807) is 0 Å². The first-order chi connectivity index (χ1) is 14.0. The van der Waals surface area contributed by atoms with Crippen molar-refractivity contribution in [1.29, 1.82) is 0 Å². The van der Waals surface area contributed by atoms with Crippen LogP contribution in [0.3, 0.4) is 0 Å². The van der Waals surface area contributed by atoms with E-state index < -0.39 is 0 Å². The van der Waals surface area contributed by atoms with Crippen LogP contribution in [0.4, 0.5) is 5.69 Å². The number of nitrogens with zero attached hydrogens (tertiary/aromatic N) is 3. The molecule has 0 saturated heterocycles. The number of rotatable bonds is 7. The number of nitrogens with two attached hydrogens (primary N) is 2. The largest absolute Gasteiger partial charge is 0.384 e. The summed E-state index contributed by atoms with van der Waals surface area (Å²) in [4.78, 5) is 23.8. The van der Waals surface area contributed by atoms with E-state index in [9.17, 15) is 4.79 Å². The third kappa shape index (κ3) is 4.12. The molecule has 0 bridgehead atoms. The molecule has 1 fully saturated rings. The lowest BCUT2D eigenvalue weighted by Crippen LogP contribution is -2.49. The van der Waals surface area contributed by atoms with Gasteiger partial charge in [0.1, 0.15) is 17.7 Å². The summed E-state index contributed by atoms with van der Waals surface area (Å²) in [6.07, 6.45) is 3.00. The molecule has 2 unspecified atom stereocenters. The van der Waals surface area contributed by atoms with Gasteiger partial charge in [-0.3, -0.25) is 15.1 Å². The third-order valence-corrected chi connectivity index (χ3v) is 5.82. The molecule has 2 atom stereocenters. The fourth-order valence-electron chi connectivity index (χ4n) is 4.05. The lowest BCUT2D eigenvalue weighted by molar-refractivity contribution is 0.0901. The van der Waals surface area contributed by atoms with Crippen LogP contribution in [0.1, 0.15) is 36.5 Å². The van der Waals surface area contributed by atoms with Gasteiger partial charge in [-0.25, -0.2) is 4.99 Å². The summed E-state index contributed by atoms with van der Waals surface area (Å²) < 4.78 is 0. The van der Waals surface area contributed by atoms with Crippen LogP contribution in [-0.4, -0.2) is 43.8 Å². The van der Waals surface area contributed by atoms with Crippen molar-refractivity contribution < 1.29 is 4.79 Å². The number of aliphatic imine (C=N–C) groups is 2. The van der Waals surface area contributed by atoms with E-state index in [0.717, 1.165) is 23.4 Å². The van der Waals surface area contributed by atoms with Gasteiger partial charge in [0, 0.05) is 30.8 Å². The zero-order chi connectivity index (χ0) is 20.5. The number of carbonyl (C=O) groups is 1. The van der Waals surface area contributed by atoms with E-state index in [4.69, 9.17) is 11.5 Å². The van der Waals surface area contributed by atoms with Gasteiger partial charge in [0.2, 0.25) is 0 Å². The Bertz CT molecular complexity index is 883. The Kier molecular flexibility index (Phi) is 5.27. The highest BCUT2D eigenvalue weighted by Crippen LogP contribution is 2.40. The average Bonchev–Trinajstić information content (AvgIpc) is 3.54. The zero-order valence-corrected chi connectivity index (χ0v) is 17.0. The van der Waals surface area contributed by atoms with Crippen molar-refractivity contribution in [2.45, 2.75) is 32.4 Å². The zero-order valence-electron chi connectivity index (χ0n) is 17.0. The van der Waals surface area contributed by atoms with Crippen molar-refractivity contribution in [1.82, 2.24) is 10.6 Å². The Morgan fingerprint density at radius 2 is 2.00 bits per heavy atom. The predicted octanol–water partition coefficient (Wildman–Crippen LogP) is 1.16. The van der Waals surface area contributed by atoms with E-state index >= 15 is 0 Å². The molecule has 0 spiro atoms.